The molecule has 2 heterocycles. The molecular weight excluding hydrogens is 441 g/mol. The molecule has 0 saturated heterocycles. The van der Waals surface area contributed by atoms with Crippen LogP contribution in [0.5, 0.6) is 0 Å². The van der Waals surface area contributed by atoms with Gasteiger partial charge in [0.05, 0.1) is 27.5 Å². The van der Waals surface area contributed by atoms with E-state index in [1.54, 1.807) is 30.5 Å². The molecule has 0 fully saturated rings. The number of hydrogen-bond acceptors (Lipinski definition) is 4. The Kier molecular flexibility index (Phi) is 6.32. The van der Waals surface area contributed by atoms with E-state index >= 15 is 0 Å². The second-order valence-corrected chi connectivity index (χ2v) is 8.52. The molecule has 0 atom stereocenters. The maximum atomic E-state index is 13.3. The molecule has 152 valence electrons. The number of hydrogen-bond donors (Lipinski definition) is 0. The molecule has 0 saturated carbocycles. The molecule has 7 heteroatoms. The lowest BCUT2D eigenvalue weighted by Gasteiger charge is -2.15. The third-order valence-electron chi connectivity index (χ3n) is 4.73. The van der Waals surface area contributed by atoms with Crippen LogP contribution in [0.2, 0.25) is 10.0 Å². The minimum Gasteiger partial charge on any atom is -0.468 e. The summed E-state index contributed by atoms with van der Waals surface area (Å²) >= 11 is 13.7. The van der Waals surface area contributed by atoms with Crippen molar-refractivity contribution in [2.45, 2.75) is 12.2 Å². The Morgan fingerprint density at radius 2 is 1.73 bits per heavy atom. The maximum absolute atomic E-state index is 13.3. The molecule has 0 spiro atoms. The molecule has 0 aliphatic carbocycles. The highest BCUT2D eigenvalue weighted by atomic mass is 35.5. The van der Waals surface area contributed by atoms with E-state index in [4.69, 9.17) is 27.6 Å². The number of amides is 2. The van der Waals surface area contributed by atoms with E-state index in [-0.39, 0.29) is 11.8 Å². The Balaban J connectivity index is 1.64. The summed E-state index contributed by atoms with van der Waals surface area (Å²) < 4.78 is 5.37. The molecular formula is C23H17Cl2NO3S. The van der Waals surface area contributed by atoms with Gasteiger partial charge in [0.15, 0.2) is 0 Å². The van der Waals surface area contributed by atoms with Gasteiger partial charge in [-0.3, -0.25) is 14.5 Å². The van der Waals surface area contributed by atoms with Gasteiger partial charge in [0.25, 0.3) is 11.8 Å². The van der Waals surface area contributed by atoms with Crippen molar-refractivity contribution in [1.29, 1.82) is 0 Å². The summed E-state index contributed by atoms with van der Waals surface area (Å²) in [6.07, 6.45) is 2.16. The number of thioether (sulfide) groups is 1. The van der Waals surface area contributed by atoms with E-state index in [2.05, 4.69) is 0 Å². The van der Waals surface area contributed by atoms with Gasteiger partial charge in [-0.15, -0.1) is 11.8 Å². The number of benzene rings is 2. The zero-order valence-electron chi connectivity index (χ0n) is 15.8. The van der Waals surface area contributed by atoms with Gasteiger partial charge in [-0.2, -0.15) is 0 Å². The van der Waals surface area contributed by atoms with Crippen LogP contribution in [0.25, 0.3) is 5.57 Å². The molecule has 3 aromatic rings. The summed E-state index contributed by atoms with van der Waals surface area (Å²) in [6, 6.07) is 18.3. The Morgan fingerprint density at radius 1 is 0.933 bits per heavy atom. The van der Waals surface area contributed by atoms with Crippen molar-refractivity contribution in [1.82, 2.24) is 4.90 Å². The zero-order valence-corrected chi connectivity index (χ0v) is 18.1. The van der Waals surface area contributed by atoms with E-state index in [0.717, 1.165) is 11.3 Å². The summed E-state index contributed by atoms with van der Waals surface area (Å²) in [5.41, 5.74) is 1.87. The van der Waals surface area contributed by atoms with E-state index in [0.29, 0.717) is 44.8 Å². The fraction of sp³-hybridized carbons (Fsp3) is 0.130. The number of rotatable bonds is 7. The smallest absolute Gasteiger partial charge is 0.268 e. The summed E-state index contributed by atoms with van der Waals surface area (Å²) in [6.45, 7) is 0.293. The first-order valence-electron chi connectivity index (χ1n) is 9.29. The molecule has 2 amide bonds. The van der Waals surface area contributed by atoms with Crippen molar-refractivity contribution in [3.8, 4) is 0 Å². The number of carbonyl (C=O) groups is 2. The minimum absolute atomic E-state index is 0.293. The first kappa shape index (κ1) is 20.8. The van der Waals surface area contributed by atoms with E-state index in [9.17, 15) is 9.59 Å². The Labute approximate surface area is 188 Å². The SMILES string of the molecule is O=C1C(SCc2ccco2)=C(c2ccc(Cl)cc2Cl)C(=O)N1CCc1ccccc1. The first-order chi connectivity index (χ1) is 14.5. The lowest BCUT2D eigenvalue weighted by Crippen LogP contribution is -2.33. The Hall–Kier alpha value is -2.47. The fourth-order valence-corrected chi connectivity index (χ4v) is 4.77. The van der Waals surface area contributed by atoms with Crippen LogP contribution in [0.4, 0.5) is 0 Å². The van der Waals surface area contributed by atoms with Crippen LogP contribution in [-0.2, 0) is 21.8 Å². The maximum Gasteiger partial charge on any atom is 0.268 e. The van der Waals surface area contributed by atoms with Gasteiger partial charge in [0, 0.05) is 17.1 Å². The van der Waals surface area contributed by atoms with Gasteiger partial charge in [-0.1, -0.05) is 59.6 Å². The average Bonchev–Trinajstić information content (AvgIpc) is 3.33. The second-order valence-electron chi connectivity index (χ2n) is 6.69. The highest BCUT2D eigenvalue weighted by molar-refractivity contribution is 8.03. The summed E-state index contributed by atoms with van der Waals surface area (Å²) in [5.74, 6) is 0.496. The highest BCUT2D eigenvalue weighted by Crippen LogP contribution is 2.40. The van der Waals surface area contributed by atoms with Crippen LogP contribution >= 0.6 is 35.0 Å². The quantitative estimate of drug-likeness (QED) is 0.418. The third kappa shape index (κ3) is 4.33. The number of halogens is 2. The lowest BCUT2D eigenvalue weighted by atomic mass is 10.1. The highest BCUT2D eigenvalue weighted by Gasteiger charge is 2.39. The molecule has 30 heavy (non-hydrogen) atoms. The average molecular weight is 458 g/mol. The van der Waals surface area contributed by atoms with Crippen molar-refractivity contribution >= 4 is 52.4 Å². The number of furan rings is 1. The van der Waals surface area contributed by atoms with Gasteiger partial charge in [0.2, 0.25) is 0 Å². The normalized spacial score (nSPS) is 14.1. The van der Waals surface area contributed by atoms with Crippen LogP contribution in [0.3, 0.4) is 0 Å². The van der Waals surface area contributed by atoms with Crippen LogP contribution in [-0.4, -0.2) is 23.3 Å². The van der Waals surface area contributed by atoms with Gasteiger partial charge in [-0.25, -0.2) is 0 Å². The van der Waals surface area contributed by atoms with E-state index < -0.39 is 0 Å². The third-order valence-corrected chi connectivity index (χ3v) is 6.38. The van der Waals surface area contributed by atoms with Gasteiger partial charge in [-0.05, 0) is 36.2 Å². The molecule has 1 aromatic heterocycles. The lowest BCUT2D eigenvalue weighted by molar-refractivity contribution is -0.136. The molecule has 1 aliphatic rings. The molecule has 0 unspecified atom stereocenters. The topological polar surface area (TPSA) is 50.5 Å². The van der Waals surface area contributed by atoms with Crippen LogP contribution in [0.1, 0.15) is 16.9 Å². The standard InChI is InChI=1S/C23H17Cl2NO3S/c24-16-8-9-18(19(25)13-16)20-21(30-14-17-7-4-12-29-17)23(28)26(22(20)27)11-10-15-5-2-1-3-6-15/h1-9,12-13H,10-11,14H2. The largest absolute Gasteiger partial charge is 0.468 e. The van der Waals surface area contributed by atoms with Crippen LogP contribution < -0.4 is 0 Å². The number of carbonyl (C=O) groups excluding carboxylic acids is 2. The predicted molar refractivity (Wildman–Crippen MR) is 120 cm³/mol. The van der Waals surface area contributed by atoms with Crippen molar-refractivity contribution in [3.63, 3.8) is 0 Å². The van der Waals surface area contributed by atoms with Gasteiger partial charge >= 0.3 is 0 Å². The Bertz CT molecular complexity index is 1110. The molecule has 0 bridgehead atoms. The molecule has 4 nitrogen and oxygen atoms in total. The first-order valence-corrected chi connectivity index (χ1v) is 11.0. The van der Waals surface area contributed by atoms with Crippen LogP contribution in [0.15, 0.2) is 76.2 Å². The number of nitrogens with zero attached hydrogens (tertiary/aromatic N) is 1. The molecule has 0 radical (unpaired) electrons. The zero-order chi connectivity index (χ0) is 21.1. The monoisotopic (exact) mass is 457 g/mol. The van der Waals surface area contributed by atoms with Gasteiger partial charge in [0.1, 0.15) is 5.76 Å². The van der Waals surface area contributed by atoms with E-state index in [1.807, 2.05) is 36.4 Å². The summed E-state index contributed by atoms with van der Waals surface area (Å²) in [7, 11) is 0. The van der Waals surface area contributed by atoms with Crippen LogP contribution in [0, 0.1) is 0 Å². The minimum atomic E-state index is -0.345. The summed E-state index contributed by atoms with van der Waals surface area (Å²) in [5, 5.41) is 0.798. The Morgan fingerprint density at radius 3 is 2.43 bits per heavy atom. The molecule has 0 N–H and O–H groups in total. The predicted octanol–water partition coefficient (Wildman–Crippen LogP) is 5.84. The number of imide groups is 1. The molecule has 4 rings (SSSR count). The van der Waals surface area contributed by atoms with Crippen molar-refractivity contribution < 1.29 is 14.0 Å². The summed E-state index contributed by atoms with van der Waals surface area (Å²) in [4.78, 5) is 28.1. The molecule has 2 aromatic carbocycles. The van der Waals surface area contributed by atoms with Crippen molar-refractivity contribution in [2.24, 2.45) is 0 Å². The van der Waals surface area contributed by atoms with Crippen molar-refractivity contribution in [3.05, 3.63) is 98.8 Å². The van der Waals surface area contributed by atoms with E-state index in [1.165, 1.54) is 16.7 Å². The molecule has 1 aliphatic heterocycles. The fourth-order valence-electron chi connectivity index (χ4n) is 3.24. The second kappa shape index (κ2) is 9.13. The van der Waals surface area contributed by atoms with Crippen molar-refractivity contribution in [2.75, 3.05) is 6.54 Å². The van der Waals surface area contributed by atoms with Gasteiger partial charge < -0.3 is 4.42 Å².